The van der Waals surface area contributed by atoms with Gasteiger partial charge in [0.15, 0.2) is 0 Å². The zero-order valence-corrected chi connectivity index (χ0v) is 20.5. The number of hydrogen-bond acceptors (Lipinski definition) is 2. The number of hydrogen-bond donors (Lipinski definition) is 1. The van der Waals surface area contributed by atoms with Crippen molar-refractivity contribution in [3.05, 3.63) is 121 Å². The van der Waals surface area contributed by atoms with E-state index < -0.39 is 14.4 Å². The smallest absolute Gasteiger partial charge is 0.319 e. The molecule has 0 saturated heterocycles. The Hall–Kier alpha value is -2.88. The van der Waals surface area contributed by atoms with Gasteiger partial charge in [0, 0.05) is 0 Å². The summed E-state index contributed by atoms with van der Waals surface area (Å²) < 4.78 is 6.83. The predicted molar refractivity (Wildman–Crippen MR) is 138 cm³/mol. The summed E-state index contributed by atoms with van der Waals surface area (Å²) in [6.07, 6.45) is 6.01. The van der Waals surface area contributed by atoms with E-state index in [0.717, 1.165) is 11.1 Å². The van der Waals surface area contributed by atoms with Gasteiger partial charge in [-0.2, -0.15) is 0 Å². The SMILES string of the molecule is CC(=C/O[Si](c1ccccc1)(c1ccccc1)C(C)(C)C)/C=C/CC(O)c1ccccc1. The van der Waals surface area contributed by atoms with Crippen LogP contribution in [-0.4, -0.2) is 13.4 Å². The van der Waals surface area contributed by atoms with Crippen LogP contribution in [0.15, 0.2) is 115 Å². The van der Waals surface area contributed by atoms with Gasteiger partial charge in [0.1, 0.15) is 0 Å². The first-order valence-corrected chi connectivity index (χ1v) is 13.1. The standard InChI is InChI=1S/C29H34O2Si/c1-24(15-14-22-28(30)25-16-8-5-9-17-25)23-31-32(29(2,3)4,26-18-10-6-11-19-26)27-20-12-7-13-21-27/h5-21,23,28,30H,22H2,1-4H3/b15-14+,24-23-. The average molecular weight is 443 g/mol. The Morgan fingerprint density at radius 1 is 0.844 bits per heavy atom. The molecule has 0 saturated carbocycles. The van der Waals surface area contributed by atoms with Crippen molar-refractivity contribution in [2.45, 2.75) is 45.3 Å². The molecule has 3 aromatic carbocycles. The quantitative estimate of drug-likeness (QED) is 0.258. The summed E-state index contributed by atoms with van der Waals surface area (Å²) in [5, 5.41) is 12.8. The molecule has 0 fully saturated rings. The normalized spacial score (nSPS) is 13.8. The highest BCUT2D eigenvalue weighted by atomic mass is 28.4. The predicted octanol–water partition coefficient (Wildman–Crippen LogP) is 6.15. The molecule has 0 bridgehead atoms. The molecule has 1 unspecified atom stereocenters. The Kier molecular flexibility index (Phi) is 7.89. The molecule has 1 N–H and O–H groups in total. The summed E-state index contributed by atoms with van der Waals surface area (Å²) >= 11 is 0. The van der Waals surface area contributed by atoms with E-state index in [1.54, 1.807) is 0 Å². The summed E-state index contributed by atoms with van der Waals surface area (Å²) in [6, 6.07) is 31.0. The molecule has 3 heteroatoms. The van der Waals surface area contributed by atoms with Crippen LogP contribution in [0.25, 0.3) is 0 Å². The van der Waals surface area contributed by atoms with E-state index >= 15 is 0 Å². The van der Waals surface area contributed by atoms with Crippen LogP contribution in [0.4, 0.5) is 0 Å². The van der Waals surface area contributed by atoms with E-state index in [1.807, 2.05) is 55.7 Å². The first kappa shape index (κ1) is 23.8. The zero-order valence-electron chi connectivity index (χ0n) is 19.5. The molecule has 0 aromatic heterocycles. The van der Waals surface area contributed by atoms with Crippen LogP contribution in [0.2, 0.25) is 5.04 Å². The van der Waals surface area contributed by atoms with E-state index in [1.165, 1.54) is 10.4 Å². The maximum atomic E-state index is 10.4. The number of aliphatic hydroxyl groups is 1. The van der Waals surface area contributed by atoms with Crippen molar-refractivity contribution in [3.63, 3.8) is 0 Å². The fourth-order valence-electron chi connectivity index (χ4n) is 4.11. The molecular formula is C29H34O2Si. The van der Waals surface area contributed by atoms with Crippen molar-refractivity contribution in [1.29, 1.82) is 0 Å². The fraction of sp³-hybridized carbons (Fsp3) is 0.241. The number of aliphatic hydroxyl groups excluding tert-OH is 1. The lowest BCUT2D eigenvalue weighted by Crippen LogP contribution is -2.65. The maximum Gasteiger partial charge on any atom is 0.319 e. The van der Waals surface area contributed by atoms with Crippen LogP contribution in [-0.2, 0) is 4.43 Å². The topological polar surface area (TPSA) is 29.5 Å². The van der Waals surface area contributed by atoms with E-state index in [4.69, 9.17) is 4.43 Å². The van der Waals surface area contributed by atoms with Gasteiger partial charge in [0.25, 0.3) is 0 Å². The lowest BCUT2D eigenvalue weighted by Gasteiger charge is -2.42. The van der Waals surface area contributed by atoms with Crippen LogP contribution in [0.1, 0.15) is 45.8 Å². The van der Waals surface area contributed by atoms with Crippen LogP contribution in [0.5, 0.6) is 0 Å². The van der Waals surface area contributed by atoms with Gasteiger partial charge < -0.3 is 9.53 Å². The van der Waals surface area contributed by atoms with Gasteiger partial charge in [-0.3, -0.25) is 0 Å². The van der Waals surface area contributed by atoms with Crippen molar-refractivity contribution in [1.82, 2.24) is 0 Å². The third-order valence-electron chi connectivity index (χ3n) is 5.76. The molecule has 0 spiro atoms. The van der Waals surface area contributed by atoms with Gasteiger partial charge in [-0.05, 0) is 39.9 Å². The molecule has 0 radical (unpaired) electrons. The minimum absolute atomic E-state index is 0.0697. The highest BCUT2D eigenvalue weighted by Crippen LogP contribution is 2.37. The van der Waals surface area contributed by atoms with E-state index in [-0.39, 0.29) is 5.04 Å². The molecule has 0 amide bonds. The monoisotopic (exact) mass is 442 g/mol. The third kappa shape index (κ3) is 5.48. The molecule has 166 valence electrons. The minimum Gasteiger partial charge on any atom is -0.539 e. The second-order valence-corrected chi connectivity index (χ2v) is 13.5. The number of rotatable bonds is 8. The van der Waals surface area contributed by atoms with Crippen molar-refractivity contribution >= 4 is 18.7 Å². The van der Waals surface area contributed by atoms with Gasteiger partial charge in [-0.1, -0.05) is 124 Å². The molecule has 2 nitrogen and oxygen atoms in total. The molecule has 0 aliphatic carbocycles. The van der Waals surface area contributed by atoms with Gasteiger partial charge >= 0.3 is 8.32 Å². The summed E-state index contributed by atoms with van der Waals surface area (Å²) in [7, 11) is -2.59. The highest BCUT2D eigenvalue weighted by Gasteiger charge is 2.51. The summed E-state index contributed by atoms with van der Waals surface area (Å²) in [5.41, 5.74) is 1.96. The number of allylic oxidation sites excluding steroid dienone is 2. The van der Waals surface area contributed by atoms with Gasteiger partial charge in [-0.15, -0.1) is 0 Å². The minimum atomic E-state index is -2.59. The summed E-state index contributed by atoms with van der Waals surface area (Å²) in [6.45, 7) is 8.86. The molecule has 3 rings (SSSR count). The Bertz CT molecular complexity index is 980. The highest BCUT2D eigenvalue weighted by molar-refractivity contribution is 6.99. The van der Waals surface area contributed by atoms with E-state index in [0.29, 0.717) is 6.42 Å². The zero-order chi connectivity index (χ0) is 23.0. The molecule has 0 aliphatic heterocycles. The molecule has 0 aliphatic rings. The van der Waals surface area contributed by atoms with Crippen molar-refractivity contribution in [3.8, 4) is 0 Å². The Labute approximate surface area is 194 Å². The third-order valence-corrected chi connectivity index (χ3v) is 10.6. The van der Waals surface area contributed by atoms with Crippen molar-refractivity contribution < 1.29 is 9.53 Å². The van der Waals surface area contributed by atoms with Crippen LogP contribution >= 0.6 is 0 Å². The van der Waals surface area contributed by atoms with Crippen LogP contribution in [0.3, 0.4) is 0 Å². The maximum absolute atomic E-state index is 10.4. The fourth-order valence-corrected chi connectivity index (χ4v) is 8.48. The second-order valence-electron chi connectivity index (χ2n) is 9.21. The Balaban J connectivity index is 1.87. The summed E-state index contributed by atoms with van der Waals surface area (Å²) in [5.74, 6) is 0. The summed E-state index contributed by atoms with van der Waals surface area (Å²) in [4.78, 5) is 0. The van der Waals surface area contributed by atoms with E-state index in [9.17, 15) is 5.11 Å². The first-order chi connectivity index (χ1) is 15.3. The van der Waals surface area contributed by atoms with Crippen LogP contribution < -0.4 is 10.4 Å². The lowest BCUT2D eigenvalue weighted by atomic mass is 10.1. The molecule has 32 heavy (non-hydrogen) atoms. The largest absolute Gasteiger partial charge is 0.539 e. The molecular weight excluding hydrogens is 408 g/mol. The molecule has 1 atom stereocenters. The average Bonchev–Trinajstić information content (AvgIpc) is 2.80. The molecule has 0 heterocycles. The van der Waals surface area contributed by atoms with Gasteiger partial charge in [-0.25, -0.2) is 0 Å². The van der Waals surface area contributed by atoms with E-state index in [2.05, 4.69) is 81.4 Å². The number of benzene rings is 3. The molecule has 3 aromatic rings. The Morgan fingerprint density at radius 3 is 1.78 bits per heavy atom. The van der Waals surface area contributed by atoms with Crippen molar-refractivity contribution in [2.24, 2.45) is 0 Å². The van der Waals surface area contributed by atoms with Gasteiger partial charge in [0.05, 0.1) is 12.4 Å². The van der Waals surface area contributed by atoms with Crippen molar-refractivity contribution in [2.75, 3.05) is 0 Å². The van der Waals surface area contributed by atoms with Crippen LogP contribution in [0, 0.1) is 0 Å². The second kappa shape index (κ2) is 10.6. The Morgan fingerprint density at radius 2 is 1.31 bits per heavy atom. The first-order valence-electron chi connectivity index (χ1n) is 11.2. The van der Waals surface area contributed by atoms with Gasteiger partial charge in [0.2, 0.25) is 0 Å². The lowest BCUT2D eigenvalue weighted by molar-refractivity contribution is 0.181.